The fraction of sp³-hybridized carbons (Fsp3) is 0.276. The summed E-state index contributed by atoms with van der Waals surface area (Å²) in [5.41, 5.74) is 11.9. The van der Waals surface area contributed by atoms with Gasteiger partial charge in [-0.3, -0.25) is 24.2 Å². The Morgan fingerprint density at radius 1 is 0.947 bits per heavy atom. The standard InChI is InChI=1S/C29H31ClN4O4/c1-18(2)14-24(34-28(38)21-10-3-4-11-22(21)30)25(35)17-27(37)29(31,32)26(36)16-19-8-7-9-20(15-19)23-12-5-6-13-33-23/h3-13,15,18,24H,14,16-17,31-32H2,1-2H3,(H,34,38)/t24-/m0/s1. The number of halogens is 1. The number of nitrogens with one attached hydrogen (secondary N) is 1. The van der Waals surface area contributed by atoms with Crippen molar-refractivity contribution in [1.82, 2.24) is 10.3 Å². The van der Waals surface area contributed by atoms with Gasteiger partial charge in [0.05, 0.1) is 28.7 Å². The largest absolute Gasteiger partial charge is 0.342 e. The predicted molar refractivity (Wildman–Crippen MR) is 146 cm³/mol. The highest BCUT2D eigenvalue weighted by Crippen LogP contribution is 2.20. The maximum absolute atomic E-state index is 13.1. The van der Waals surface area contributed by atoms with Gasteiger partial charge in [0, 0.05) is 18.2 Å². The summed E-state index contributed by atoms with van der Waals surface area (Å²) < 4.78 is 0. The van der Waals surface area contributed by atoms with E-state index in [1.54, 1.807) is 48.7 Å². The average Bonchev–Trinajstić information content (AvgIpc) is 2.88. The Balaban J connectivity index is 1.69. The summed E-state index contributed by atoms with van der Waals surface area (Å²) in [6.07, 6.45) is 1.04. The highest BCUT2D eigenvalue weighted by molar-refractivity contribution is 6.33. The van der Waals surface area contributed by atoms with Crippen LogP contribution in [-0.4, -0.2) is 39.9 Å². The van der Waals surface area contributed by atoms with E-state index < -0.39 is 41.4 Å². The summed E-state index contributed by atoms with van der Waals surface area (Å²) in [7, 11) is 0. The van der Waals surface area contributed by atoms with Crippen molar-refractivity contribution in [2.24, 2.45) is 17.4 Å². The zero-order valence-electron chi connectivity index (χ0n) is 21.3. The quantitative estimate of drug-likeness (QED) is 0.238. The van der Waals surface area contributed by atoms with E-state index in [0.717, 1.165) is 11.3 Å². The molecule has 38 heavy (non-hydrogen) atoms. The van der Waals surface area contributed by atoms with E-state index >= 15 is 0 Å². The summed E-state index contributed by atoms with van der Waals surface area (Å²) in [6, 6.07) is 18.1. The number of pyridine rings is 1. The Morgan fingerprint density at radius 3 is 2.32 bits per heavy atom. The van der Waals surface area contributed by atoms with E-state index in [9.17, 15) is 19.2 Å². The molecule has 8 nitrogen and oxygen atoms in total. The first-order valence-electron chi connectivity index (χ1n) is 12.2. The molecule has 1 amide bonds. The Kier molecular flexibility index (Phi) is 9.63. The maximum Gasteiger partial charge on any atom is 0.253 e. The van der Waals surface area contributed by atoms with Gasteiger partial charge in [0.1, 0.15) is 0 Å². The Morgan fingerprint density at radius 2 is 1.66 bits per heavy atom. The molecule has 0 saturated heterocycles. The Bertz CT molecular complexity index is 1320. The van der Waals surface area contributed by atoms with E-state index in [0.29, 0.717) is 5.56 Å². The smallest absolute Gasteiger partial charge is 0.253 e. The van der Waals surface area contributed by atoms with Gasteiger partial charge in [0.25, 0.3) is 5.91 Å². The lowest BCUT2D eigenvalue weighted by Crippen LogP contribution is -2.63. The van der Waals surface area contributed by atoms with Crippen LogP contribution in [0.5, 0.6) is 0 Å². The topological polar surface area (TPSA) is 145 Å². The minimum Gasteiger partial charge on any atom is -0.342 e. The van der Waals surface area contributed by atoms with Gasteiger partial charge in [-0.05, 0) is 48.2 Å². The molecule has 3 rings (SSSR count). The molecule has 2 aromatic carbocycles. The van der Waals surface area contributed by atoms with Gasteiger partial charge >= 0.3 is 0 Å². The number of aromatic nitrogens is 1. The number of amides is 1. The number of Topliss-reactive ketones (excluding diaryl/α,β-unsaturated/α-hetero) is 3. The van der Waals surface area contributed by atoms with Crippen LogP contribution in [0, 0.1) is 5.92 Å². The minimum absolute atomic E-state index is 0.0270. The number of carbonyl (C=O) groups excluding carboxylic acids is 4. The summed E-state index contributed by atoms with van der Waals surface area (Å²) in [6.45, 7) is 3.76. The second-order valence-corrected chi connectivity index (χ2v) is 9.99. The van der Waals surface area contributed by atoms with E-state index in [-0.39, 0.29) is 29.3 Å². The Hall–Kier alpha value is -3.72. The summed E-state index contributed by atoms with van der Waals surface area (Å²) in [4.78, 5) is 56.0. The average molecular weight is 535 g/mol. The molecule has 0 radical (unpaired) electrons. The lowest BCUT2D eigenvalue weighted by atomic mass is 9.89. The second-order valence-electron chi connectivity index (χ2n) is 9.59. The molecule has 0 spiro atoms. The van der Waals surface area contributed by atoms with E-state index in [1.807, 2.05) is 32.0 Å². The second kappa shape index (κ2) is 12.7. The minimum atomic E-state index is -2.37. The third kappa shape index (κ3) is 7.41. The van der Waals surface area contributed by atoms with Crippen LogP contribution in [0.1, 0.15) is 42.6 Å². The van der Waals surface area contributed by atoms with Gasteiger partial charge < -0.3 is 16.8 Å². The van der Waals surface area contributed by atoms with Crippen molar-refractivity contribution in [2.45, 2.75) is 44.8 Å². The van der Waals surface area contributed by atoms with E-state index in [2.05, 4.69) is 10.3 Å². The van der Waals surface area contributed by atoms with Crippen LogP contribution < -0.4 is 16.8 Å². The molecule has 0 saturated carbocycles. The molecule has 9 heteroatoms. The van der Waals surface area contributed by atoms with Crippen LogP contribution in [0.3, 0.4) is 0 Å². The number of rotatable bonds is 12. The summed E-state index contributed by atoms with van der Waals surface area (Å²) in [5, 5.41) is 2.89. The molecule has 1 aromatic heterocycles. The molecule has 3 aromatic rings. The van der Waals surface area contributed by atoms with Gasteiger partial charge in [-0.1, -0.05) is 61.8 Å². The van der Waals surface area contributed by atoms with Crippen molar-refractivity contribution in [3.05, 3.63) is 89.1 Å². The van der Waals surface area contributed by atoms with Crippen LogP contribution in [-0.2, 0) is 20.8 Å². The molecule has 5 N–H and O–H groups in total. The zero-order chi connectivity index (χ0) is 27.9. The number of hydrogen-bond donors (Lipinski definition) is 3. The number of carbonyl (C=O) groups is 4. The van der Waals surface area contributed by atoms with Crippen LogP contribution in [0.25, 0.3) is 11.3 Å². The van der Waals surface area contributed by atoms with Gasteiger partial charge in [0.2, 0.25) is 0 Å². The number of hydrogen-bond acceptors (Lipinski definition) is 7. The highest BCUT2D eigenvalue weighted by Gasteiger charge is 2.39. The maximum atomic E-state index is 13.1. The molecule has 0 aliphatic rings. The lowest BCUT2D eigenvalue weighted by Gasteiger charge is -2.24. The van der Waals surface area contributed by atoms with Crippen LogP contribution in [0.4, 0.5) is 0 Å². The van der Waals surface area contributed by atoms with Crippen LogP contribution in [0.15, 0.2) is 72.9 Å². The van der Waals surface area contributed by atoms with Gasteiger partial charge in [-0.2, -0.15) is 0 Å². The molecule has 198 valence electrons. The van der Waals surface area contributed by atoms with Crippen molar-refractivity contribution in [3.63, 3.8) is 0 Å². The van der Waals surface area contributed by atoms with E-state index in [1.165, 1.54) is 6.07 Å². The van der Waals surface area contributed by atoms with Crippen molar-refractivity contribution in [2.75, 3.05) is 0 Å². The van der Waals surface area contributed by atoms with Crippen LogP contribution >= 0.6 is 11.6 Å². The first-order valence-corrected chi connectivity index (χ1v) is 12.6. The monoisotopic (exact) mass is 534 g/mol. The van der Waals surface area contributed by atoms with Crippen molar-refractivity contribution in [3.8, 4) is 11.3 Å². The van der Waals surface area contributed by atoms with Gasteiger partial charge in [-0.15, -0.1) is 0 Å². The summed E-state index contributed by atoms with van der Waals surface area (Å²) >= 11 is 6.10. The van der Waals surface area contributed by atoms with Crippen molar-refractivity contribution in [1.29, 1.82) is 0 Å². The predicted octanol–water partition coefficient (Wildman–Crippen LogP) is 3.50. The van der Waals surface area contributed by atoms with Crippen molar-refractivity contribution >= 4 is 34.9 Å². The normalized spacial score (nSPS) is 12.2. The molecule has 0 fully saturated rings. The molecule has 0 aliphatic carbocycles. The number of nitrogens with zero attached hydrogens (tertiary/aromatic N) is 1. The zero-order valence-corrected chi connectivity index (χ0v) is 22.1. The Labute approximate surface area is 226 Å². The van der Waals surface area contributed by atoms with Gasteiger partial charge in [-0.25, -0.2) is 0 Å². The molecule has 0 aliphatic heterocycles. The summed E-state index contributed by atoms with van der Waals surface area (Å²) in [5.74, 6) is -2.76. The molecule has 1 atom stereocenters. The number of benzene rings is 2. The fourth-order valence-corrected chi connectivity index (χ4v) is 4.13. The third-order valence-electron chi connectivity index (χ3n) is 6.03. The van der Waals surface area contributed by atoms with Crippen LogP contribution in [0.2, 0.25) is 5.02 Å². The highest BCUT2D eigenvalue weighted by atomic mass is 35.5. The van der Waals surface area contributed by atoms with Gasteiger partial charge in [0.15, 0.2) is 23.0 Å². The first kappa shape index (κ1) is 28.8. The first-order chi connectivity index (χ1) is 18.0. The van der Waals surface area contributed by atoms with E-state index in [4.69, 9.17) is 23.1 Å². The third-order valence-corrected chi connectivity index (χ3v) is 6.36. The fourth-order valence-electron chi connectivity index (χ4n) is 3.91. The molecular formula is C29H31ClN4O4. The molecule has 0 unspecified atom stereocenters. The number of nitrogens with two attached hydrogens (primary N) is 2. The lowest BCUT2D eigenvalue weighted by molar-refractivity contribution is -0.136. The molecule has 1 heterocycles. The molecular weight excluding hydrogens is 504 g/mol. The number of ketones is 3. The van der Waals surface area contributed by atoms with Crippen molar-refractivity contribution < 1.29 is 19.2 Å². The SMILES string of the molecule is CC(C)C[C@H](NC(=O)c1ccccc1Cl)C(=O)CC(=O)C(N)(N)C(=O)Cc1cccc(-c2ccccn2)c1. The molecule has 0 bridgehead atoms.